The summed E-state index contributed by atoms with van der Waals surface area (Å²) in [6.45, 7) is 0. The van der Waals surface area contributed by atoms with Gasteiger partial charge in [-0.25, -0.2) is 0 Å². The summed E-state index contributed by atoms with van der Waals surface area (Å²) in [4.78, 5) is 48.2. The lowest BCUT2D eigenvalue weighted by molar-refractivity contribution is -0.116. The molecule has 2 aliphatic carbocycles. The molecular weight excluding hydrogens is 344 g/mol. The Kier molecular flexibility index (Phi) is 3.51. The molecule has 0 atom stereocenters. The van der Waals surface area contributed by atoms with Crippen molar-refractivity contribution < 1.29 is 19.2 Å². The van der Waals surface area contributed by atoms with Gasteiger partial charge in [0.25, 0.3) is 0 Å². The Bertz CT molecular complexity index is 1120. The maximum atomic E-state index is 12.3. The predicted octanol–water partition coefficient (Wildman–Crippen LogP) is 1.46. The molecule has 0 bridgehead atoms. The van der Waals surface area contributed by atoms with Crippen molar-refractivity contribution in [1.82, 2.24) is 0 Å². The van der Waals surface area contributed by atoms with Crippen molar-refractivity contribution in [3.05, 3.63) is 45.5 Å². The van der Waals surface area contributed by atoms with Crippen LogP contribution in [0.5, 0.6) is 0 Å². The van der Waals surface area contributed by atoms with Gasteiger partial charge in [-0.05, 0) is 35.8 Å². The third-order valence-electron chi connectivity index (χ3n) is 4.01. The van der Waals surface area contributed by atoms with Crippen molar-refractivity contribution in [2.75, 3.05) is 0 Å². The molecule has 24 heavy (non-hydrogen) atoms. The number of hydrogen-bond acceptors (Lipinski definition) is 6. The fourth-order valence-electron chi connectivity index (χ4n) is 2.89. The quantitative estimate of drug-likeness (QED) is 0.718. The summed E-state index contributed by atoms with van der Waals surface area (Å²) in [5, 5.41) is 2.57. The maximum absolute atomic E-state index is 12.3. The zero-order valence-electron chi connectivity index (χ0n) is 12.3. The van der Waals surface area contributed by atoms with Crippen LogP contribution in [-0.2, 0) is 19.2 Å². The summed E-state index contributed by atoms with van der Waals surface area (Å²) in [5.74, 6) is -0.698. The summed E-state index contributed by atoms with van der Waals surface area (Å²) in [6, 6.07) is 1.93. The molecule has 4 nitrogen and oxygen atoms in total. The first kappa shape index (κ1) is 15.1. The van der Waals surface area contributed by atoms with E-state index in [1.54, 1.807) is 0 Å². The fraction of sp³-hybridized carbons (Fsp3) is 0.111. The highest BCUT2D eigenvalue weighted by molar-refractivity contribution is 7.26. The molecule has 0 saturated carbocycles. The van der Waals surface area contributed by atoms with Crippen molar-refractivity contribution in [1.29, 1.82) is 0 Å². The molecule has 2 aromatic heterocycles. The number of allylic oxidation sites excluding steroid dienone is 4. The highest BCUT2D eigenvalue weighted by atomic mass is 32.1. The van der Waals surface area contributed by atoms with Gasteiger partial charge < -0.3 is 0 Å². The van der Waals surface area contributed by atoms with Crippen LogP contribution in [0.1, 0.15) is 12.8 Å². The third-order valence-corrected chi connectivity index (χ3v) is 6.29. The molecule has 2 aromatic rings. The fourth-order valence-corrected chi connectivity index (χ4v) is 5.36. The molecule has 2 heterocycles. The Morgan fingerprint density at radius 3 is 2.12 bits per heavy atom. The van der Waals surface area contributed by atoms with E-state index in [1.165, 1.54) is 47.0 Å². The molecule has 0 radical (unpaired) electrons. The average molecular weight is 354 g/mol. The second-order valence-electron chi connectivity index (χ2n) is 5.56. The molecule has 0 saturated heterocycles. The van der Waals surface area contributed by atoms with E-state index in [1.807, 2.05) is 11.4 Å². The number of fused-ring (bicyclic) bond motifs is 1. The van der Waals surface area contributed by atoms with Crippen LogP contribution in [0, 0.1) is 0 Å². The Labute approximate surface area is 144 Å². The normalized spacial score (nSPS) is 22.8. The summed E-state index contributed by atoms with van der Waals surface area (Å²) in [5.41, 5.74) is 0.821. The van der Waals surface area contributed by atoms with Gasteiger partial charge in [-0.1, -0.05) is 0 Å². The lowest BCUT2D eigenvalue weighted by Crippen LogP contribution is -2.31. The maximum Gasteiger partial charge on any atom is 0.183 e. The van der Waals surface area contributed by atoms with Gasteiger partial charge in [0.05, 0.1) is 4.70 Å². The second kappa shape index (κ2) is 5.58. The molecule has 0 amide bonds. The molecule has 0 fully saturated rings. The largest absolute Gasteiger partial charge is 0.294 e. The highest BCUT2D eigenvalue weighted by Gasteiger charge is 2.23. The Hall–Kier alpha value is -2.44. The first-order valence-electron chi connectivity index (χ1n) is 7.27. The number of carbonyl (C=O) groups excluding carboxylic acids is 4. The van der Waals surface area contributed by atoms with E-state index in [0.29, 0.717) is 20.9 Å². The van der Waals surface area contributed by atoms with Crippen LogP contribution in [0.25, 0.3) is 20.5 Å². The van der Waals surface area contributed by atoms with Crippen LogP contribution in [0.2, 0.25) is 0 Å². The molecule has 0 unspecified atom stereocenters. The summed E-state index contributed by atoms with van der Waals surface area (Å²) < 4.78 is 2.49. The topological polar surface area (TPSA) is 68.3 Å². The molecule has 0 aromatic carbocycles. The van der Waals surface area contributed by atoms with Gasteiger partial charge in [0.2, 0.25) is 0 Å². The smallest absolute Gasteiger partial charge is 0.183 e. The molecule has 2 aliphatic rings. The standard InChI is InChI=1S/C18H10O4S2/c19-9-1-3-13(21)11(7-9)16-17(24-15-5-6-23-18(15)16)12-8-10(20)2-4-14(12)22/h1-6H,7-8H2. The number of thiophene rings is 2. The van der Waals surface area contributed by atoms with Gasteiger partial charge in [-0.2, -0.15) is 0 Å². The van der Waals surface area contributed by atoms with Gasteiger partial charge in [-0.3, -0.25) is 19.2 Å². The third kappa shape index (κ3) is 2.35. The first-order chi connectivity index (χ1) is 11.5. The zero-order chi connectivity index (χ0) is 16.8. The summed E-state index contributed by atoms with van der Waals surface area (Å²) in [7, 11) is 0. The van der Waals surface area contributed by atoms with E-state index in [2.05, 4.69) is 0 Å². The Balaban J connectivity index is 2.19. The number of rotatable bonds is 0. The van der Waals surface area contributed by atoms with Crippen LogP contribution < -0.4 is 9.75 Å². The monoisotopic (exact) mass is 354 g/mol. The second-order valence-corrected chi connectivity index (χ2v) is 7.53. The average Bonchev–Trinajstić information content (AvgIpc) is 3.13. The van der Waals surface area contributed by atoms with Crippen molar-refractivity contribution in [3.8, 4) is 0 Å². The zero-order valence-corrected chi connectivity index (χ0v) is 14.0. The molecule has 118 valence electrons. The summed E-state index contributed by atoms with van der Waals surface area (Å²) in [6.07, 6.45) is 5.18. The van der Waals surface area contributed by atoms with Crippen LogP contribution in [-0.4, -0.2) is 23.1 Å². The van der Waals surface area contributed by atoms with E-state index < -0.39 is 0 Å². The minimum absolute atomic E-state index is 0.0251. The van der Waals surface area contributed by atoms with Crippen LogP contribution in [0.15, 0.2) is 35.8 Å². The Morgan fingerprint density at radius 2 is 1.42 bits per heavy atom. The lowest BCUT2D eigenvalue weighted by atomic mass is 9.94. The molecular formula is C18H10O4S2. The van der Waals surface area contributed by atoms with Gasteiger partial charge >= 0.3 is 0 Å². The van der Waals surface area contributed by atoms with E-state index >= 15 is 0 Å². The predicted molar refractivity (Wildman–Crippen MR) is 93.3 cm³/mol. The molecule has 0 aliphatic heterocycles. The Morgan fingerprint density at radius 1 is 0.792 bits per heavy atom. The van der Waals surface area contributed by atoms with Crippen molar-refractivity contribution in [3.63, 3.8) is 0 Å². The van der Waals surface area contributed by atoms with E-state index in [4.69, 9.17) is 0 Å². The number of carbonyl (C=O) groups is 4. The molecule has 0 N–H and O–H groups in total. The van der Waals surface area contributed by atoms with Crippen molar-refractivity contribution in [2.24, 2.45) is 0 Å². The van der Waals surface area contributed by atoms with Crippen LogP contribution >= 0.6 is 22.7 Å². The number of ketones is 4. The van der Waals surface area contributed by atoms with Crippen LogP contribution in [0.3, 0.4) is 0 Å². The van der Waals surface area contributed by atoms with Crippen molar-refractivity contribution in [2.45, 2.75) is 12.8 Å². The first-order valence-corrected chi connectivity index (χ1v) is 8.97. The van der Waals surface area contributed by atoms with E-state index in [-0.39, 0.29) is 36.0 Å². The highest BCUT2D eigenvalue weighted by Crippen LogP contribution is 2.23. The van der Waals surface area contributed by atoms with Crippen LogP contribution in [0.4, 0.5) is 0 Å². The molecule has 6 heteroatoms. The summed E-state index contributed by atoms with van der Waals surface area (Å²) >= 11 is 2.87. The minimum Gasteiger partial charge on any atom is -0.294 e. The van der Waals surface area contributed by atoms with E-state index in [0.717, 1.165) is 9.40 Å². The number of hydrogen-bond donors (Lipinski definition) is 0. The van der Waals surface area contributed by atoms with Gasteiger partial charge in [0.1, 0.15) is 0 Å². The SMILES string of the molecule is O=C1C=CC(=O)C(=c2sc3ccsc3c2=C2CC(=O)C=CC2=O)C1. The lowest BCUT2D eigenvalue weighted by Gasteiger charge is -2.08. The van der Waals surface area contributed by atoms with Gasteiger partial charge in [0, 0.05) is 38.4 Å². The van der Waals surface area contributed by atoms with Gasteiger partial charge in [-0.15, -0.1) is 22.7 Å². The van der Waals surface area contributed by atoms with Gasteiger partial charge in [0.15, 0.2) is 23.1 Å². The molecule has 4 rings (SSSR count). The van der Waals surface area contributed by atoms with E-state index in [9.17, 15) is 19.2 Å². The van der Waals surface area contributed by atoms with Crippen molar-refractivity contribution >= 4 is 66.4 Å². The molecule has 0 spiro atoms. The minimum atomic E-state index is -0.213.